The molecule has 0 saturated heterocycles. The van der Waals surface area contributed by atoms with E-state index < -0.39 is 0 Å². The Morgan fingerprint density at radius 1 is 0.944 bits per heavy atom. The van der Waals surface area contributed by atoms with Gasteiger partial charge < -0.3 is 20.1 Å². The number of hydrogen-bond acceptors (Lipinski definition) is 7. The first-order valence-corrected chi connectivity index (χ1v) is 11.5. The largest absolute Gasteiger partial charge is 0.496 e. The summed E-state index contributed by atoms with van der Waals surface area (Å²) in [5.74, 6) is 1.65. The fourth-order valence-corrected chi connectivity index (χ4v) is 3.60. The van der Waals surface area contributed by atoms with Gasteiger partial charge in [0.15, 0.2) is 0 Å². The Bertz CT molecular complexity index is 1380. The highest BCUT2D eigenvalue weighted by Crippen LogP contribution is 2.32. The SMILES string of the molecule is CNc1nccc(-c2cccnc2Oc2cccc(NC(=O)c3cc(C(C)(C)C)ccc3OC)c2)n1. The normalized spacial score (nSPS) is 11.0. The first kappa shape index (κ1) is 24.7. The first-order valence-electron chi connectivity index (χ1n) is 11.5. The summed E-state index contributed by atoms with van der Waals surface area (Å²) < 4.78 is 11.5. The average Bonchev–Trinajstić information content (AvgIpc) is 2.88. The monoisotopic (exact) mass is 483 g/mol. The van der Waals surface area contributed by atoms with Crippen LogP contribution in [0.25, 0.3) is 11.3 Å². The van der Waals surface area contributed by atoms with Gasteiger partial charge >= 0.3 is 0 Å². The summed E-state index contributed by atoms with van der Waals surface area (Å²) in [5, 5.41) is 5.88. The highest BCUT2D eigenvalue weighted by molar-refractivity contribution is 6.06. The van der Waals surface area contributed by atoms with Crippen molar-refractivity contribution >= 4 is 17.5 Å². The van der Waals surface area contributed by atoms with Gasteiger partial charge in [-0.25, -0.2) is 15.0 Å². The Morgan fingerprint density at radius 3 is 2.53 bits per heavy atom. The number of benzene rings is 2. The lowest BCUT2D eigenvalue weighted by atomic mass is 9.86. The van der Waals surface area contributed by atoms with Gasteiger partial charge in [-0.1, -0.05) is 32.9 Å². The molecule has 2 N–H and O–H groups in total. The maximum Gasteiger partial charge on any atom is 0.259 e. The molecule has 0 aliphatic rings. The number of methoxy groups -OCH3 is 1. The molecule has 184 valence electrons. The molecule has 8 nitrogen and oxygen atoms in total. The van der Waals surface area contributed by atoms with Crippen molar-refractivity contribution in [1.82, 2.24) is 15.0 Å². The number of rotatable bonds is 7. The van der Waals surface area contributed by atoms with Crippen LogP contribution in [0.4, 0.5) is 11.6 Å². The molecular formula is C28H29N5O3. The zero-order valence-electron chi connectivity index (χ0n) is 21.0. The van der Waals surface area contributed by atoms with Crippen LogP contribution in [0.15, 0.2) is 73.1 Å². The highest BCUT2D eigenvalue weighted by atomic mass is 16.5. The number of nitrogens with one attached hydrogen (secondary N) is 2. The minimum atomic E-state index is -0.269. The van der Waals surface area contributed by atoms with E-state index in [2.05, 4.69) is 46.4 Å². The summed E-state index contributed by atoms with van der Waals surface area (Å²) in [4.78, 5) is 26.2. The molecule has 36 heavy (non-hydrogen) atoms. The predicted octanol–water partition coefficient (Wildman–Crippen LogP) is 5.93. The third-order valence-electron chi connectivity index (χ3n) is 5.54. The summed E-state index contributed by atoms with van der Waals surface area (Å²) in [6, 6.07) is 18.3. The molecule has 0 aliphatic heterocycles. The second-order valence-corrected chi connectivity index (χ2v) is 9.12. The first-order chi connectivity index (χ1) is 17.3. The van der Waals surface area contributed by atoms with Crippen molar-refractivity contribution in [3.8, 4) is 28.6 Å². The van der Waals surface area contributed by atoms with Gasteiger partial charge in [-0.05, 0) is 53.4 Å². The van der Waals surface area contributed by atoms with Gasteiger partial charge in [0.05, 0.1) is 23.9 Å². The van der Waals surface area contributed by atoms with Crippen LogP contribution in [-0.2, 0) is 5.41 Å². The molecule has 0 radical (unpaired) electrons. The molecule has 1 amide bonds. The van der Waals surface area contributed by atoms with Crippen molar-refractivity contribution in [2.24, 2.45) is 0 Å². The molecule has 0 atom stereocenters. The van der Waals surface area contributed by atoms with Crippen molar-refractivity contribution in [1.29, 1.82) is 0 Å². The number of nitrogens with zero attached hydrogens (tertiary/aromatic N) is 3. The molecule has 0 spiro atoms. The van der Waals surface area contributed by atoms with Crippen molar-refractivity contribution in [3.05, 3.63) is 84.2 Å². The molecule has 0 fully saturated rings. The van der Waals surface area contributed by atoms with Crippen LogP contribution in [-0.4, -0.2) is 35.0 Å². The molecule has 8 heteroatoms. The van der Waals surface area contributed by atoms with E-state index in [-0.39, 0.29) is 11.3 Å². The van der Waals surface area contributed by atoms with Gasteiger partial charge in [-0.15, -0.1) is 0 Å². The average molecular weight is 484 g/mol. The number of carbonyl (C=O) groups excluding carboxylic acids is 1. The number of hydrogen-bond donors (Lipinski definition) is 2. The second-order valence-electron chi connectivity index (χ2n) is 9.12. The number of ether oxygens (including phenoxy) is 2. The maximum atomic E-state index is 13.2. The van der Waals surface area contributed by atoms with E-state index in [1.807, 2.05) is 30.3 Å². The van der Waals surface area contributed by atoms with E-state index in [4.69, 9.17) is 9.47 Å². The molecule has 0 saturated carbocycles. The Morgan fingerprint density at radius 2 is 1.78 bits per heavy atom. The van der Waals surface area contributed by atoms with Gasteiger partial charge in [0.2, 0.25) is 11.8 Å². The van der Waals surface area contributed by atoms with E-state index in [0.717, 1.165) is 11.1 Å². The Kier molecular flexibility index (Phi) is 7.15. The molecule has 2 heterocycles. The van der Waals surface area contributed by atoms with Crippen LogP contribution >= 0.6 is 0 Å². The Hall–Kier alpha value is -4.46. The minimum Gasteiger partial charge on any atom is -0.496 e. The number of anilines is 2. The lowest BCUT2D eigenvalue weighted by Gasteiger charge is -2.21. The van der Waals surface area contributed by atoms with Crippen molar-refractivity contribution in [3.63, 3.8) is 0 Å². The number of aromatic nitrogens is 3. The standard InChI is InChI=1S/C28H29N5O3/c1-28(2,3)18-11-12-24(35-5)22(16-18)25(34)32-19-8-6-9-20(17-19)36-26-21(10-7-14-30-26)23-13-15-31-27(29-4)33-23/h6-17H,1-5H3,(H,32,34)(H,29,31,33). The molecule has 4 rings (SSSR count). The summed E-state index contributed by atoms with van der Waals surface area (Å²) >= 11 is 0. The highest BCUT2D eigenvalue weighted by Gasteiger charge is 2.20. The van der Waals surface area contributed by atoms with Crippen molar-refractivity contribution in [2.75, 3.05) is 24.8 Å². The summed E-state index contributed by atoms with van der Waals surface area (Å²) in [6.07, 6.45) is 3.32. The van der Waals surface area contributed by atoms with Crippen molar-refractivity contribution < 1.29 is 14.3 Å². The summed E-state index contributed by atoms with van der Waals surface area (Å²) in [5.41, 5.74) is 3.37. The number of pyridine rings is 1. The van der Waals surface area contributed by atoms with Crippen LogP contribution in [0.2, 0.25) is 0 Å². The summed E-state index contributed by atoms with van der Waals surface area (Å²) in [6.45, 7) is 6.30. The Balaban J connectivity index is 1.58. The van der Waals surface area contributed by atoms with Crippen molar-refractivity contribution in [2.45, 2.75) is 26.2 Å². The third kappa shape index (κ3) is 5.60. The Labute approximate surface area is 210 Å². The molecular weight excluding hydrogens is 454 g/mol. The quantitative estimate of drug-likeness (QED) is 0.336. The number of carbonyl (C=O) groups is 1. The van der Waals surface area contributed by atoms with Crippen LogP contribution in [0.3, 0.4) is 0 Å². The fraction of sp³-hybridized carbons (Fsp3) is 0.214. The van der Waals surface area contributed by atoms with Crippen LogP contribution in [0.5, 0.6) is 17.4 Å². The second kappa shape index (κ2) is 10.4. The maximum absolute atomic E-state index is 13.2. The predicted molar refractivity (Wildman–Crippen MR) is 141 cm³/mol. The summed E-state index contributed by atoms with van der Waals surface area (Å²) in [7, 11) is 3.31. The lowest BCUT2D eigenvalue weighted by Crippen LogP contribution is -2.17. The molecule has 0 aliphatic carbocycles. The van der Waals surface area contributed by atoms with Gasteiger partial charge in [-0.3, -0.25) is 4.79 Å². The smallest absolute Gasteiger partial charge is 0.259 e. The van der Waals surface area contributed by atoms with Gasteiger partial charge in [0.1, 0.15) is 11.5 Å². The third-order valence-corrected chi connectivity index (χ3v) is 5.54. The molecule has 2 aromatic carbocycles. The minimum absolute atomic E-state index is 0.104. The van der Waals surface area contributed by atoms with Gasteiger partial charge in [0, 0.05) is 31.2 Å². The van der Waals surface area contributed by atoms with E-state index in [9.17, 15) is 4.79 Å². The zero-order valence-corrected chi connectivity index (χ0v) is 21.0. The van der Waals surface area contributed by atoms with Crippen LogP contribution in [0, 0.1) is 0 Å². The van der Waals surface area contributed by atoms with Gasteiger partial charge in [-0.2, -0.15) is 0 Å². The molecule has 4 aromatic rings. The van der Waals surface area contributed by atoms with Gasteiger partial charge in [0.25, 0.3) is 5.91 Å². The zero-order chi connectivity index (χ0) is 25.7. The van der Waals surface area contributed by atoms with Crippen LogP contribution in [0.1, 0.15) is 36.7 Å². The molecule has 0 unspecified atom stereocenters. The number of amides is 1. The molecule has 2 aromatic heterocycles. The topological polar surface area (TPSA) is 98.3 Å². The van der Waals surface area contributed by atoms with E-state index in [1.165, 1.54) is 0 Å². The van der Waals surface area contributed by atoms with E-state index in [1.54, 1.807) is 56.9 Å². The van der Waals surface area contributed by atoms with E-state index in [0.29, 0.717) is 40.3 Å². The van der Waals surface area contributed by atoms with Crippen LogP contribution < -0.4 is 20.1 Å². The lowest BCUT2D eigenvalue weighted by molar-refractivity contribution is 0.102. The fourth-order valence-electron chi connectivity index (χ4n) is 3.60. The van der Waals surface area contributed by atoms with E-state index >= 15 is 0 Å². The molecule has 0 bridgehead atoms.